The van der Waals surface area contributed by atoms with E-state index < -0.39 is 0 Å². The summed E-state index contributed by atoms with van der Waals surface area (Å²) in [5.74, 6) is 0.941. The first-order valence-corrected chi connectivity index (χ1v) is 6.62. The van der Waals surface area contributed by atoms with Crippen molar-refractivity contribution in [1.82, 2.24) is 0 Å². The Hall–Kier alpha value is -1.35. The van der Waals surface area contributed by atoms with Gasteiger partial charge >= 0.3 is 0 Å². The Morgan fingerprint density at radius 3 is 2.78 bits per heavy atom. The number of carbonyl (C=O) groups is 1. The minimum absolute atomic E-state index is 0.0318. The molecule has 1 heterocycles. The van der Waals surface area contributed by atoms with E-state index >= 15 is 0 Å². The van der Waals surface area contributed by atoms with Crippen LogP contribution in [0, 0.1) is 5.92 Å². The Bertz CT molecular complexity index is 377. The minimum Gasteiger partial charge on any atom is -0.486 e. The third kappa shape index (κ3) is 3.57. The van der Waals surface area contributed by atoms with E-state index in [-0.39, 0.29) is 18.3 Å². The Morgan fingerprint density at radius 2 is 2.17 bits per heavy atom. The first kappa shape index (κ1) is 13.1. The highest BCUT2D eigenvalue weighted by Crippen LogP contribution is 2.16. The summed E-state index contributed by atoms with van der Waals surface area (Å²) in [6.45, 7) is 3.56. The predicted molar refractivity (Wildman–Crippen MR) is 69.9 cm³/mol. The summed E-state index contributed by atoms with van der Waals surface area (Å²) >= 11 is 0. The first-order chi connectivity index (χ1) is 8.79. The summed E-state index contributed by atoms with van der Waals surface area (Å²) in [5, 5.41) is 0. The van der Waals surface area contributed by atoms with Crippen LogP contribution < -0.4 is 4.74 Å². The lowest BCUT2D eigenvalue weighted by Crippen LogP contribution is -2.21. The van der Waals surface area contributed by atoms with Crippen LogP contribution in [0.4, 0.5) is 0 Å². The Kier molecular flexibility index (Phi) is 4.76. The van der Waals surface area contributed by atoms with Gasteiger partial charge < -0.3 is 9.47 Å². The Labute approximate surface area is 108 Å². The molecule has 1 aromatic carbocycles. The van der Waals surface area contributed by atoms with Crippen molar-refractivity contribution in [3.05, 3.63) is 29.8 Å². The van der Waals surface area contributed by atoms with E-state index in [2.05, 4.69) is 19.1 Å². The molecule has 98 valence electrons. The van der Waals surface area contributed by atoms with Crippen molar-refractivity contribution in [2.24, 2.45) is 5.92 Å². The highest BCUT2D eigenvalue weighted by Gasteiger charge is 2.23. The fraction of sp³-hybridized carbons (Fsp3) is 0.533. The predicted octanol–water partition coefficient (Wildman–Crippen LogP) is 2.62. The normalized spacial score (nSPS) is 18.8. The molecule has 1 fully saturated rings. The molecule has 0 N–H and O–H groups in total. The second kappa shape index (κ2) is 6.55. The molecule has 2 rings (SSSR count). The topological polar surface area (TPSA) is 35.5 Å². The van der Waals surface area contributed by atoms with Crippen LogP contribution in [0.25, 0.3) is 0 Å². The van der Waals surface area contributed by atoms with Gasteiger partial charge in [0.15, 0.2) is 5.78 Å². The van der Waals surface area contributed by atoms with Crippen LogP contribution in [0.1, 0.15) is 25.3 Å². The van der Waals surface area contributed by atoms with Gasteiger partial charge in [0.2, 0.25) is 0 Å². The van der Waals surface area contributed by atoms with Crippen molar-refractivity contribution < 1.29 is 14.3 Å². The van der Waals surface area contributed by atoms with Crippen molar-refractivity contribution >= 4 is 5.78 Å². The molecule has 0 radical (unpaired) electrons. The van der Waals surface area contributed by atoms with Gasteiger partial charge in [0.25, 0.3) is 0 Å². The molecular weight excluding hydrogens is 228 g/mol. The smallest absolute Gasteiger partial charge is 0.175 e. The molecule has 18 heavy (non-hydrogen) atoms. The van der Waals surface area contributed by atoms with Gasteiger partial charge in [-0.15, -0.1) is 0 Å². The molecule has 0 bridgehead atoms. The number of Topliss-reactive ketones (excluding diaryl/α,β-unsaturated/α-hetero) is 1. The van der Waals surface area contributed by atoms with Crippen LogP contribution in [0.2, 0.25) is 0 Å². The van der Waals surface area contributed by atoms with Gasteiger partial charge in [0.05, 0.1) is 6.61 Å². The van der Waals surface area contributed by atoms with E-state index in [0.29, 0.717) is 13.2 Å². The fourth-order valence-electron chi connectivity index (χ4n) is 2.10. The van der Waals surface area contributed by atoms with Crippen LogP contribution in [0.5, 0.6) is 5.75 Å². The maximum atomic E-state index is 11.8. The fourth-order valence-corrected chi connectivity index (χ4v) is 2.10. The summed E-state index contributed by atoms with van der Waals surface area (Å²) in [7, 11) is 0. The molecule has 0 spiro atoms. The largest absolute Gasteiger partial charge is 0.486 e. The van der Waals surface area contributed by atoms with Crippen LogP contribution in [-0.4, -0.2) is 25.6 Å². The lowest BCUT2D eigenvalue weighted by atomic mass is 10.0. The van der Waals surface area contributed by atoms with Gasteiger partial charge in [0, 0.05) is 12.5 Å². The van der Waals surface area contributed by atoms with Gasteiger partial charge in [-0.2, -0.15) is 0 Å². The average molecular weight is 248 g/mol. The van der Waals surface area contributed by atoms with E-state index in [1.807, 2.05) is 12.1 Å². The van der Waals surface area contributed by atoms with Crippen molar-refractivity contribution in [3.8, 4) is 5.75 Å². The first-order valence-electron chi connectivity index (χ1n) is 6.62. The number of benzene rings is 1. The van der Waals surface area contributed by atoms with Gasteiger partial charge in [-0.1, -0.05) is 25.5 Å². The molecule has 0 saturated carbocycles. The average Bonchev–Trinajstić information content (AvgIpc) is 2.92. The van der Waals surface area contributed by atoms with Crippen LogP contribution >= 0.6 is 0 Å². The van der Waals surface area contributed by atoms with E-state index in [1.165, 1.54) is 5.56 Å². The summed E-state index contributed by atoms with van der Waals surface area (Å²) in [4.78, 5) is 11.8. The Balaban J connectivity index is 1.80. The quantitative estimate of drug-likeness (QED) is 0.776. The highest BCUT2D eigenvalue weighted by atomic mass is 16.5. The molecular formula is C15H20O3. The summed E-state index contributed by atoms with van der Waals surface area (Å²) < 4.78 is 10.7. The molecule has 1 atom stereocenters. The molecule has 0 aromatic heterocycles. The van der Waals surface area contributed by atoms with Crippen molar-refractivity contribution in [1.29, 1.82) is 0 Å². The van der Waals surface area contributed by atoms with Crippen molar-refractivity contribution in [2.45, 2.75) is 26.2 Å². The minimum atomic E-state index is 0.0318. The number of ether oxygens (including phenoxy) is 2. The van der Waals surface area contributed by atoms with Crippen LogP contribution in [0.15, 0.2) is 24.3 Å². The molecule has 3 nitrogen and oxygen atoms in total. The molecule has 1 aliphatic heterocycles. The number of hydrogen-bond donors (Lipinski definition) is 0. The number of rotatable bonds is 6. The maximum absolute atomic E-state index is 11.8. The van der Waals surface area contributed by atoms with E-state index in [9.17, 15) is 4.79 Å². The van der Waals surface area contributed by atoms with E-state index in [0.717, 1.165) is 25.0 Å². The Morgan fingerprint density at radius 1 is 1.39 bits per heavy atom. The lowest BCUT2D eigenvalue weighted by Gasteiger charge is -2.09. The molecule has 1 saturated heterocycles. The third-order valence-electron chi connectivity index (χ3n) is 3.23. The third-order valence-corrected chi connectivity index (χ3v) is 3.23. The van der Waals surface area contributed by atoms with Crippen LogP contribution in [0.3, 0.4) is 0 Å². The van der Waals surface area contributed by atoms with Gasteiger partial charge in [0.1, 0.15) is 12.4 Å². The van der Waals surface area contributed by atoms with Crippen LogP contribution in [-0.2, 0) is 16.0 Å². The lowest BCUT2D eigenvalue weighted by molar-refractivity contribution is -0.124. The summed E-state index contributed by atoms with van der Waals surface area (Å²) in [6, 6.07) is 7.98. The monoisotopic (exact) mass is 248 g/mol. The van der Waals surface area contributed by atoms with Crippen molar-refractivity contribution in [2.75, 3.05) is 19.8 Å². The zero-order valence-electron chi connectivity index (χ0n) is 10.9. The van der Waals surface area contributed by atoms with Crippen molar-refractivity contribution in [3.63, 3.8) is 0 Å². The molecule has 0 aliphatic carbocycles. The molecule has 1 aromatic rings. The summed E-state index contributed by atoms with van der Waals surface area (Å²) in [6.07, 6.45) is 3.05. The number of carbonyl (C=O) groups excluding carboxylic acids is 1. The van der Waals surface area contributed by atoms with E-state index in [1.54, 1.807) is 0 Å². The molecule has 0 amide bonds. The number of hydrogen-bond acceptors (Lipinski definition) is 3. The summed E-state index contributed by atoms with van der Waals surface area (Å²) in [5.41, 5.74) is 1.31. The van der Waals surface area contributed by atoms with Gasteiger partial charge in [-0.3, -0.25) is 4.79 Å². The highest BCUT2D eigenvalue weighted by molar-refractivity contribution is 5.82. The SMILES string of the molecule is CCCc1ccc(OCC(=O)C2CCOC2)cc1. The second-order valence-electron chi connectivity index (χ2n) is 4.71. The van der Waals surface area contributed by atoms with Gasteiger partial charge in [-0.05, 0) is 30.5 Å². The zero-order valence-corrected chi connectivity index (χ0v) is 10.9. The number of ketones is 1. The molecule has 3 heteroatoms. The van der Waals surface area contributed by atoms with E-state index in [4.69, 9.17) is 9.47 Å². The standard InChI is InChI=1S/C15H20O3/c1-2-3-12-4-6-14(7-5-12)18-11-15(16)13-8-9-17-10-13/h4-7,13H,2-3,8-11H2,1H3. The molecule has 1 unspecified atom stereocenters. The maximum Gasteiger partial charge on any atom is 0.175 e. The molecule has 1 aliphatic rings. The second-order valence-corrected chi connectivity index (χ2v) is 4.71. The number of aryl methyl sites for hydroxylation is 1. The zero-order chi connectivity index (χ0) is 12.8. The van der Waals surface area contributed by atoms with Gasteiger partial charge in [-0.25, -0.2) is 0 Å².